The van der Waals surface area contributed by atoms with E-state index in [4.69, 9.17) is 0 Å². The molecular weight excluding hydrogens is 258 g/mol. The van der Waals surface area contributed by atoms with Gasteiger partial charge in [-0.1, -0.05) is 44.2 Å². The molecule has 2 atom stereocenters. The zero-order chi connectivity index (χ0) is 14.5. The van der Waals surface area contributed by atoms with Gasteiger partial charge >= 0.3 is 0 Å². The third-order valence-electron chi connectivity index (χ3n) is 4.01. The van der Waals surface area contributed by atoms with Gasteiger partial charge in [0.1, 0.15) is 0 Å². The number of nitrogens with one attached hydrogen (secondary N) is 1. The summed E-state index contributed by atoms with van der Waals surface area (Å²) in [5.74, 6) is 0.388. The van der Waals surface area contributed by atoms with E-state index in [1.165, 1.54) is 5.56 Å². The van der Waals surface area contributed by atoms with E-state index in [1.807, 2.05) is 23.1 Å². The minimum absolute atomic E-state index is 0.115. The first-order chi connectivity index (χ1) is 9.56. The second-order valence-electron chi connectivity index (χ2n) is 5.95. The maximum absolute atomic E-state index is 12.7. The highest BCUT2D eigenvalue weighted by molar-refractivity contribution is 5.16. The van der Waals surface area contributed by atoms with Crippen LogP contribution in [0.3, 0.4) is 0 Å². The number of halogens is 2. The Bertz CT molecular complexity index is 395. The van der Waals surface area contributed by atoms with Gasteiger partial charge in [0.05, 0.1) is 6.54 Å². The van der Waals surface area contributed by atoms with Crippen molar-refractivity contribution < 1.29 is 8.78 Å². The molecule has 0 amide bonds. The van der Waals surface area contributed by atoms with Gasteiger partial charge in [0.2, 0.25) is 0 Å². The fourth-order valence-corrected chi connectivity index (χ4v) is 2.98. The van der Waals surface area contributed by atoms with Gasteiger partial charge in [0.25, 0.3) is 6.43 Å². The molecule has 20 heavy (non-hydrogen) atoms. The third kappa shape index (κ3) is 4.25. The highest BCUT2D eigenvalue weighted by atomic mass is 19.3. The van der Waals surface area contributed by atoms with Gasteiger partial charge in [-0.3, -0.25) is 4.90 Å². The van der Waals surface area contributed by atoms with Gasteiger partial charge in [-0.05, 0) is 17.9 Å². The average Bonchev–Trinajstić information content (AvgIpc) is 2.39. The van der Waals surface area contributed by atoms with Crippen LogP contribution in [0.4, 0.5) is 8.78 Å². The normalized spacial score (nSPS) is 24.5. The molecule has 4 heteroatoms. The minimum atomic E-state index is -2.26. The summed E-state index contributed by atoms with van der Waals surface area (Å²) in [6, 6.07) is 10.7. The molecule has 0 spiro atoms. The maximum atomic E-state index is 12.7. The van der Waals surface area contributed by atoms with Crippen molar-refractivity contribution in [2.24, 2.45) is 5.92 Å². The Labute approximate surface area is 120 Å². The van der Waals surface area contributed by atoms with Crippen LogP contribution in [0.1, 0.15) is 19.4 Å². The van der Waals surface area contributed by atoms with Crippen molar-refractivity contribution in [3.63, 3.8) is 0 Å². The maximum Gasteiger partial charge on any atom is 0.251 e. The van der Waals surface area contributed by atoms with Crippen molar-refractivity contribution >= 4 is 0 Å². The molecule has 2 unspecified atom stereocenters. The number of hydrogen-bond donors (Lipinski definition) is 1. The summed E-state index contributed by atoms with van der Waals surface area (Å²) in [7, 11) is 0. The molecule has 2 nitrogen and oxygen atoms in total. The standard InChI is InChI=1S/C16H24F2N2/c1-12(2)15-9-19-14(10-20(15)11-16(17)18)8-13-6-4-3-5-7-13/h3-7,12,14-16,19H,8-11H2,1-2H3. The average molecular weight is 282 g/mol. The lowest BCUT2D eigenvalue weighted by Crippen LogP contribution is -2.59. The van der Waals surface area contributed by atoms with E-state index in [0.29, 0.717) is 12.5 Å². The summed E-state index contributed by atoms with van der Waals surface area (Å²) in [4.78, 5) is 1.96. The van der Waals surface area contributed by atoms with Crippen molar-refractivity contribution in [1.29, 1.82) is 0 Å². The molecule has 1 aliphatic heterocycles. The fourth-order valence-electron chi connectivity index (χ4n) is 2.98. The first kappa shape index (κ1) is 15.4. The van der Waals surface area contributed by atoms with Crippen LogP contribution in [0.2, 0.25) is 0 Å². The van der Waals surface area contributed by atoms with Gasteiger partial charge in [-0.2, -0.15) is 0 Å². The van der Waals surface area contributed by atoms with E-state index >= 15 is 0 Å². The van der Waals surface area contributed by atoms with Crippen LogP contribution in [-0.4, -0.2) is 43.0 Å². The van der Waals surface area contributed by atoms with Crippen molar-refractivity contribution in [3.05, 3.63) is 35.9 Å². The van der Waals surface area contributed by atoms with Crippen LogP contribution in [0.25, 0.3) is 0 Å². The van der Waals surface area contributed by atoms with E-state index in [-0.39, 0.29) is 18.6 Å². The van der Waals surface area contributed by atoms with Crippen LogP contribution in [-0.2, 0) is 6.42 Å². The smallest absolute Gasteiger partial charge is 0.251 e. The first-order valence-corrected chi connectivity index (χ1v) is 7.35. The predicted molar refractivity (Wildman–Crippen MR) is 78.1 cm³/mol. The Hall–Kier alpha value is -1.00. The number of alkyl halides is 2. The van der Waals surface area contributed by atoms with Crippen molar-refractivity contribution in [3.8, 4) is 0 Å². The Balaban J connectivity index is 1.97. The van der Waals surface area contributed by atoms with Crippen LogP contribution < -0.4 is 5.32 Å². The molecule has 0 aromatic heterocycles. The monoisotopic (exact) mass is 282 g/mol. The lowest BCUT2D eigenvalue weighted by Gasteiger charge is -2.42. The Morgan fingerprint density at radius 1 is 1.25 bits per heavy atom. The second-order valence-corrected chi connectivity index (χ2v) is 5.95. The molecule has 1 heterocycles. The molecular formula is C16H24F2N2. The summed E-state index contributed by atoms with van der Waals surface area (Å²) in [5.41, 5.74) is 1.25. The second kappa shape index (κ2) is 7.14. The van der Waals surface area contributed by atoms with Gasteiger partial charge in [-0.25, -0.2) is 8.78 Å². The molecule has 112 valence electrons. The van der Waals surface area contributed by atoms with Crippen LogP contribution in [0.5, 0.6) is 0 Å². The summed E-state index contributed by atoms with van der Waals surface area (Å²) < 4.78 is 25.5. The molecule has 0 radical (unpaired) electrons. The van der Waals surface area contributed by atoms with Gasteiger partial charge in [-0.15, -0.1) is 0 Å². The molecule has 1 aromatic rings. The number of rotatable bonds is 5. The number of benzene rings is 1. The highest BCUT2D eigenvalue weighted by Crippen LogP contribution is 2.18. The molecule has 0 bridgehead atoms. The molecule has 1 saturated heterocycles. The van der Waals surface area contributed by atoms with Crippen molar-refractivity contribution in [2.75, 3.05) is 19.6 Å². The number of piperazine rings is 1. The summed E-state index contributed by atoms with van der Waals surface area (Å²) >= 11 is 0. The quantitative estimate of drug-likeness (QED) is 0.893. The van der Waals surface area contributed by atoms with E-state index < -0.39 is 6.43 Å². The topological polar surface area (TPSA) is 15.3 Å². The molecule has 0 aliphatic carbocycles. The zero-order valence-corrected chi connectivity index (χ0v) is 12.2. The SMILES string of the molecule is CC(C)C1CNC(Cc2ccccc2)CN1CC(F)F. The summed E-state index contributed by atoms with van der Waals surface area (Å²) in [5, 5.41) is 3.52. The van der Waals surface area contributed by atoms with Crippen LogP contribution in [0.15, 0.2) is 30.3 Å². The van der Waals surface area contributed by atoms with Gasteiger partial charge in [0.15, 0.2) is 0 Å². The summed E-state index contributed by atoms with van der Waals surface area (Å²) in [6.45, 7) is 5.57. The lowest BCUT2D eigenvalue weighted by molar-refractivity contribution is 0.0286. The Morgan fingerprint density at radius 2 is 1.95 bits per heavy atom. The fraction of sp³-hybridized carbons (Fsp3) is 0.625. The number of nitrogens with zero attached hydrogens (tertiary/aromatic N) is 1. The largest absolute Gasteiger partial charge is 0.311 e. The summed E-state index contributed by atoms with van der Waals surface area (Å²) in [6.07, 6.45) is -1.36. The molecule has 1 aromatic carbocycles. The van der Waals surface area contributed by atoms with Crippen LogP contribution >= 0.6 is 0 Å². The van der Waals surface area contributed by atoms with Crippen molar-refractivity contribution in [1.82, 2.24) is 10.2 Å². The van der Waals surface area contributed by atoms with Gasteiger partial charge < -0.3 is 5.32 Å². The lowest BCUT2D eigenvalue weighted by atomic mass is 9.96. The van der Waals surface area contributed by atoms with E-state index in [9.17, 15) is 8.78 Å². The number of hydrogen-bond acceptors (Lipinski definition) is 2. The molecule has 1 aliphatic rings. The third-order valence-corrected chi connectivity index (χ3v) is 4.01. The first-order valence-electron chi connectivity index (χ1n) is 7.35. The van der Waals surface area contributed by atoms with Crippen molar-refractivity contribution in [2.45, 2.75) is 38.8 Å². The Kier molecular flexibility index (Phi) is 5.49. The van der Waals surface area contributed by atoms with Gasteiger partial charge in [0, 0.05) is 25.2 Å². The highest BCUT2D eigenvalue weighted by Gasteiger charge is 2.31. The predicted octanol–water partition coefficient (Wildman–Crippen LogP) is 2.79. The Morgan fingerprint density at radius 3 is 2.55 bits per heavy atom. The van der Waals surface area contributed by atoms with Crippen LogP contribution in [0, 0.1) is 5.92 Å². The van der Waals surface area contributed by atoms with E-state index in [0.717, 1.165) is 13.0 Å². The zero-order valence-electron chi connectivity index (χ0n) is 12.2. The molecule has 0 saturated carbocycles. The molecule has 1 fully saturated rings. The van der Waals surface area contributed by atoms with E-state index in [1.54, 1.807) is 0 Å². The molecule has 1 N–H and O–H groups in total. The molecule has 2 rings (SSSR count). The minimum Gasteiger partial charge on any atom is -0.311 e. The van der Waals surface area contributed by atoms with E-state index in [2.05, 4.69) is 31.3 Å².